The molecular weight excluding hydrogens is 322 g/mol. The molecule has 0 aliphatic carbocycles. The predicted molar refractivity (Wildman–Crippen MR) is 97.1 cm³/mol. The minimum atomic E-state index is 0.0184. The number of rotatable bonds is 5. The van der Waals surface area contributed by atoms with Gasteiger partial charge in [0.1, 0.15) is 0 Å². The number of carbonyl (C=O) groups is 1. The summed E-state index contributed by atoms with van der Waals surface area (Å²) >= 11 is 1.54. The van der Waals surface area contributed by atoms with Crippen molar-refractivity contribution < 1.29 is 9.53 Å². The highest BCUT2D eigenvalue weighted by atomic mass is 32.1. The number of hydrogen-bond acceptors (Lipinski definition) is 5. The molecule has 2 fully saturated rings. The van der Waals surface area contributed by atoms with E-state index in [1.807, 2.05) is 6.92 Å². The van der Waals surface area contributed by atoms with E-state index in [4.69, 9.17) is 4.74 Å². The maximum Gasteiger partial charge on any atom is 0.229 e. The lowest BCUT2D eigenvalue weighted by molar-refractivity contribution is -0.122. The Morgan fingerprint density at radius 1 is 1.38 bits per heavy atom. The fourth-order valence-electron chi connectivity index (χ4n) is 3.54. The van der Waals surface area contributed by atoms with Gasteiger partial charge in [-0.15, -0.1) is 11.3 Å². The Balaban J connectivity index is 1.49. The van der Waals surface area contributed by atoms with Crippen LogP contribution in [0.1, 0.15) is 45.2 Å². The van der Waals surface area contributed by atoms with Crippen molar-refractivity contribution in [3.63, 3.8) is 0 Å². The molecular formula is C18H29N3O2S. The average molecular weight is 352 g/mol. The van der Waals surface area contributed by atoms with Gasteiger partial charge in [0.25, 0.3) is 0 Å². The summed E-state index contributed by atoms with van der Waals surface area (Å²) in [6.45, 7) is 9.11. The van der Waals surface area contributed by atoms with Crippen LogP contribution >= 0.6 is 11.3 Å². The molecule has 0 aromatic carbocycles. The van der Waals surface area contributed by atoms with E-state index in [0.29, 0.717) is 5.92 Å². The van der Waals surface area contributed by atoms with Gasteiger partial charge in [-0.2, -0.15) is 0 Å². The van der Waals surface area contributed by atoms with Crippen LogP contribution < -0.4 is 5.32 Å². The molecule has 2 aliphatic rings. The monoisotopic (exact) mass is 351 g/mol. The minimum Gasteiger partial charge on any atom is -0.381 e. The molecule has 0 bridgehead atoms. The zero-order valence-corrected chi connectivity index (χ0v) is 15.6. The van der Waals surface area contributed by atoms with Crippen molar-refractivity contribution in [1.82, 2.24) is 9.88 Å². The first kappa shape index (κ1) is 17.8. The summed E-state index contributed by atoms with van der Waals surface area (Å²) < 4.78 is 5.38. The maximum absolute atomic E-state index is 12.5. The Labute approximate surface area is 148 Å². The van der Waals surface area contributed by atoms with Gasteiger partial charge in [0.2, 0.25) is 5.91 Å². The van der Waals surface area contributed by atoms with E-state index >= 15 is 0 Å². The van der Waals surface area contributed by atoms with E-state index in [1.165, 1.54) is 24.2 Å². The number of ether oxygens (including phenoxy) is 1. The van der Waals surface area contributed by atoms with Gasteiger partial charge in [0.05, 0.1) is 5.69 Å². The molecule has 0 saturated carbocycles. The summed E-state index contributed by atoms with van der Waals surface area (Å²) in [4.78, 5) is 19.5. The van der Waals surface area contributed by atoms with Crippen LogP contribution in [0.2, 0.25) is 0 Å². The Hall–Kier alpha value is -0.980. The number of nitrogens with one attached hydrogen (secondary N) is 1. The van der Waals surface area contributed by atoms with Gasteiger partial charge in [-0.3, -0.25) is 9.69 Å². The lowest BCUT2D eigenvalue weighted by atomic mass is 9.87. The predicted octanol–water partition coefficient (Wildman–Crippen LogP) is 3.38. The van der Waals surface area contributed by atoms with E-state index in [0.717, 1.165) is 62.4 Å². The second kappa shape index (κ2) is 8.41. The van der Waals surface area contributed by atoms with Gasteiger partial charge >= 0.3 is 0 Å². The number of anilines is 1. The number of thiazole rings is 1. The molecule has 5 nitrogen and oxygen atoms in total. The summed E-state index contributed by atoms with van der Waals surface area (Å²) in [6.07, 6.45) is 4.50. The van der Waals surface area contributed by atoms with Crippen LogP contribution in [0.4, 0.5) is 5.13 Å². The standard InChI is InChI=1S/C18H29N3O2S/c1-13-3-7-21(8-4-13)11-16-12-24-18(19-16)20-17(22)14(2)15-5-9-23-10-6-15/h12-15H,3-11H2,1-2H3,(H,19,20,22). The van der Waals surface area contributed by atoms with Crippen molar-refractivity contribution in [2.75, 3.05) is 31.6 Å². The van der Waals surface area contributed by atoms with Crippen molar-refractivity contribution in [2.45, 2.75) is 46.1 Å². The molecule has 1 atom stereocenters. The smallest absolute Gasteiger partial charge is 0.229 e. The van der Waals surface area contributed by atoms with Crippen molar-refractivity contribution in [1.29, 1.82) is 0 Å². The molecule has 134 valence electrons. The molecule has 0 spiro atoms. The second-order valence-electron chi connectivity index (χ2n) is 7.33. The molecule has 1 N–H and O–H groups in total. The number of aromatic nitrogens is 1. The van der Waals surface area contributed by atoms with Crippen LogP contribution in [0.3, 0.4) is 0 Å². The summed E-state index contributed by atoms with van der Waals surface area (Å²) in [5, 5.41) is 5.82. The zero-order valence-electron chi connectivity index (χ0n) is 14.8. The number of amides is 1. The van der Waals surface area contributed by atoms with Crippen LogP contribution in [-0.2, 0) is 16.1 Å². The highest BCUT2D eigenvalue weighted by molar-refractivity contribution is 7.13. The number of likely N-dealkylation sites (tertiary alicyclic amines) is 1. The van der Waals surface area contributed by atoms with Crippen molar-refractivity contribution in [2.24, 2.45) is 17.8 Å². The quantitative estimate of drug-likeness (QED) is 0.884. The minimum absolute atomic E-state index is 0.0184. The summed E-state index contributed by atoms with van der Waals surface area (Å²) in [5.74, 6) is 1.38. The molecule has 24 heavy (non-hydrogen) atoms. The van der Waals surface area contributed by atoms with Gasteiger partial charge in [-0.25, -0.2) is 4.98 Å². The van der Waals surface area contributed by atoms with Crippen LogP contribution in [0.15, 0.2) is 5.38 Å². The summed E-state index contributed by atoms with van der Waals surface area (Å²) in [6, 6.07) is 0. The first-order valence-corrected chi connectivity index (χ1v) is 10.0. The van der Waals surface area contributed by atoms with Gasteiger partial charge in [-0.1, -0.05) is 13.8 Å². The number of nitrogens with zero attached hydrogens (tertiary/aromatic N) is 2. The van der Waals surface area contributed by atoms with Gasteiger partial charge < -0.3 is 10.1 Å². The topological polar surface area (TPSA) is 54.5 Å². The van der Waals surface area contributed by atoms with Crippen molar-refractivity contribution in [3.05, 3.63) is 11.1 Å². The van der Waals surface area contributed by atoms with Crippen LogP contribution in [0.25, 0.3) is 0 Å². The Morgan fingerprint density at radius 3 is 2.79 bits per heavy atom. The van der Waals surface area contributed by atoms with E-state index in [9.17, 15) is 4.79 Å². The third-order valence-corrected chi connectivity index (χ3v) is 6.24. The largest absolute Gasteiger partial charge is 0.381 e. The lowest BCUT2D eigenvalue weighted by Gasteiger charge is -2.29. The number of carbonyl (C=O) groups excluding carboxylic acids is 1. The molecule has 3 rings (SSSR count). The second-order valence-corrected chi connectivity index (χ2v) is 8.19. The van der Waals surface area contributed by atoms with E-state index in [2.05, 4.69) is 27.5 Å². The van der Waals surface area contributed by atoms with Gasteiger partial charge in [0, 0.05) is 31.1 Å². The molecule has 0 radical (unpaired) electrons. The van der Waals surface area contributed by atoms with Crippen LogP contribution in [-0.4, -0.2) is 42.1 Å². The highest BCUT2D eigenvalue weighted by Gasteiger charge is 2.26. The fourth-order valence-corrected chi connectivity index (χ4v) is 4.24. The Morgan fingerprint density at radius 2 is 2.08 bits per heavy atom. The van der Waals surface area contributed by atoms with E-state index in [-0.39, 0.29) is 11.8 Å². The third kappa shape index (κ3) is 4.77. The van der Waals surface area contributed by atoms with Crippen molar-refractivity contribution in [3.8, 4) is 0 Å². The van der Waals surface area contributed by atoms with Gasteiger partial charge in [0.15, 0.2) is 5.13 Å². The molecule has 6 heteroatoms. The number of hydrogen-bond donors (Lipinski definition) is 1. The van der Waals surface area contributed by atoms with Crippen LogP contribution in [0, 0.1) is 17.8 Å². The normalized spacial score (nSPS) is 22.4. The maximum atomic E-state index is 12.5. The zero-order chi connectivity index (χ0) is 16.9. The molecule has 1 aromatic rings. The molecule has 1 aromatic heterocycles. The first-order valence-electron chi connectivity index (χ1n) is 9.17. The average Bonchev–Trinajstić information content (AvgIpc) is 3.04. The van der Waals surface area contributed by atoms with E-state index < -0.39 is 0 Å². The first-order chi connectivity index (χ1) is 11.6. The molecule has 3 heterocycles. The molecule has 2 saturated heterocycles. The summed E-state index contributed by atoms with van der Waals surface area (Å²) in [5.41, 5.74) is 1.07. The summed E-state index contributed by atoms with van der Waals surface area (Å²) in [7, 11) is 0. The molecule has 2 aliphatic heterocycles. The molecule has 1 amide bonds. The van der Waals surface area contributed by atoms with Gasteiger partial charge in [-0.05, 0) is 50.6 Å². The number of piperidine rings is 1. The SMILES string of the molecule is CC1CCN(Cc2csc(NC(=O)C(C)C3CCOCC3)n2)CC1. The highest BCUT2D eigenvalue weighted by Crippen LogP contribution is 2.26. The van der Waals surface area contributed by atoms with Crippen molar-refractivity contribution >= 4 is 22.4 Å². The van der Waals surface area contributed by atoms with Crippen LogP contribution in [0.5, 0.6) is 0 Å². The Bertz CT molecular complexity index is 534. The third-order valence-electron chi connectivity index (χ3n) is 5.43. The Kier molecular flexibility index (Phi) is 6.25. The lowest BCUT2D eigenvalue weighted by Crippen LogP contribution is -2.32. The fraction of sp³-hybridized carbons (Fsp3) is 0.778. The van der Waals surface area contributed by atoms with E-state index in [1.54, 1.807) is 0 Å². The molecule has 1 unspecified atom stereocenters.